The Balaban J connectivity index is 1.91. The molecule has 0 fully saturated rings. The Morgan fingerprint density at radius 1 is 0.917 bits per heavy atom. The van der Waals surface area contributed by atoms with E-state index in [4.69, 9.17) is 0 Å². The molecule has 0 radical (unpaired) electrons. The van der Waals surface area contributed by atoms with Gasteiger partial charge < -0.3 is 0 Å². The number of benzene rings is 2. The van der Waals surface area contributed by atoms with E-state index in [1.807, 2.05) is 0 Å². The molecule has 0 saturated heterocycles. The van der Waals surface area contributed by atoms with Crippen molar-refractivity contribution in [1.29, 1.82) is 0 Å². The number of allylic oxidation sites excluding steroid dienone is 4. The second kappa shape index (κ2) is 9.27. The molecule has 0 aromatic heterocycles. The molecule has 0 bridgehead atoms. The summed E-state index contributed by atoms with van der Waals surface area (Å²) in [5.74, 6) is 1.07. The molecule has 0 N–H and O–H groups in total. The van der Waals surface area contributed by atoms with E-state index in [1.165, 1.54) is 22.3 Å². The van der Waals surface area contributed by atoms with E-state index < -0.39 is 0 Å². The summed E-state index contributed by atoms with van der Waals surface area (Å²) in [6.07, 6.45) is 11.2. The molecule has 0 aliphatic carbocycles. The minimum atomic E-state index is 0.504. The van der Waals surface area contributed by atoms with Gasteiger partial charge in [0, 0.05) is 5.92 Å². The molecule has 0 nitrogen and oxygen atoms in total. The van der Waals surface area contributed by atoms with Crippen molar-refractivity contribution in [2.45, 2.75) is 52.4 Å². The van der Waals surface area contributed by atoms with Crippen LogP contribution in [0.4, 0.5) is 0 Å². The van der Waals surface area contributed by atoms with Crippen LogP contribution in [0.25, 0.3) is 0 Å². The molecule has 0 heteroatoms. The average molecular weight is 319 g/mol. The topological polar surface area (TPSA) is 0 Å². The minimum Gasteiger partial charge on any atom is -0.0840 e. The van der Waals surface area contributed by atoms with E-state index in [0.29, 0.717) is 11.8 Å². The van der Waals surface area contributed by atoms with Gasteiger partial charge in [0.25, 0.3) is 0 Å². The van der Waals surface area contributed by atoms with Crippen molar-refractivity contribution in [2.75, 3.05) is 0 Å². The number of rotatable bonds is 7. The third-order valence-corrected chi connectivity index (χ3v) is 4.74. The van der Waals surface area contributed by atoms with Crippen LogP contribution in [0.3, 0.4) is 0 Å². The Labute approximate surface area is 147 Å². The van der Waals surface area contributed by atoms with Crippen LogP contribution in [0.15, 0.2) is 72.8 Å². The molecule has 2 aromatic carbocycles. The highest BCUT2D eigenvalue weighted by atomic mass is 14.1. The van der Waals surface area contributed by atoms with E-state index in [-0.39, 0.29) is 0 Å². The highest BCUT2D eigenvalue weighted by Crippen LogP contribution is 2.23. The second-order valence-electron chi connectivity index (χ2n) is 6.73. The fraction of sp³-hybridized carbons (Fsp3) is 0.333. The SMILES string of the molecule is CCC(C=CC=CCC(C)c1ccccc1C)c1ccc(C)cc1. The second-order valence-corrected chi connectivity index (χ2v) is 6.73. The zero-order chi connectivity index (χ0) is 17.4. The van der Waals surface area contributed by atoms with Crippen molar-refractivity contribution in [3.63, 3.8) is 0 Å². The highest BCUT2D eigenvalue weighted by molar-refractivity contribution is 5.30. The molecule has 2 rings (SSSR count). The first-order valence-electron chi connectivity index (χ1n) is 9.07. The molecule has 2 atom stereocenters. The molecule has 0 aliphatic heterocycles. The molecule has 24 heavy (non-hydrogen) atoms. The van der Waals surface area contributed by atoms with E-state index in [9.17, 15) is 0 Å². The fourth-order valence-electron chi connectivity index (χ4n) is 3.12. The lowest BCUT2D eigenvalue weighted by atomic mass is 9.93. The van der Waals surface area contributed by atoms with E-state index in [0.717, 1.165) is 12.8 Å². The summed E-state index contributed by atoms with van der Waals surface area (Å²) in [6.45, 7) is 8.89. The van der Waals surface area contributed by atoms with Gasteiger partial charge in [-0.1, -0.05) is 92.2 Å². The Kier molecular flexibility index (Phi) is 7.06. The standard InChI is InChI=1S/C24H30/c1-5-22(23-17-15-19(2)16-18-23)13-8-6-7-11-20(3)24-14-10-9-12-21(24)4/h6-10,12-18,20,22H,5,11H2,1-4H3. The summed E-state index contributed by atoms with van der Waals surface area (Å²) in [5.41, 5.74) is 5.57. The van der Waals surface area contributed by atoms with Crippen molar-refractivity contribution >= 4 is 0 Å². The maximum atomic E-state index is 2.32. The van der Waals surface area contributed by atoms with E-state index in [1.54, 1.807) is 0 Å². The van der Waals surface area contributed by atoms with Gasteiger partial charge in [-0.2, -0.15) is 0 Å². The molecule has 0 amide bonds. The number of aryl methyl sites for hydroxylation is 2. The van der Waals surface area contributed by atoms with Crippen LogP contribution < -0.4 is 0 Å². The van der Waals surface area contributed by atoms with E-state index >= 15 is 0 Å². The maximum absolute atomic E-state index is 2.32. The largest absolute Gasteiger partial charge is 0.0840 e. The zero-order valence-corrected chi connectivity index (χ0v) is 15.5. The zero-order valence-electron chi connectivity index (χ0n) is 15.5. The summed E-state index contributed by atoms with van der Waals surface area (Å²) in [7, 11) is 0. The summed E-state index contributed by atoms with van der Waals surface area (Å²) in [5, 5.41) is 0. The normalized spacial score (nSPS) is 14.3. The highest BCUT2D eigenvalue weighted by Gasteiger charge is 2.06. The van der Waals surface area contributed by atoms with Crippen molar-refractivity contribution in [2.24, 2.45) is 0 Å². The first kappa shape index (κ1) is 18.3. The van der Waals surface area contributed by atoms with Crippen LogP contribution in [0, 0.1) is 13.8 Å². The lowest BCUT2D eigenvalue weighted by molar-refractivity contribution is 0.773. The van der Waals surface area contributed by atoms with Crippen LogP contribution in [0.2, 0.25) is 0 Å². The van der Waals surface area contributed by atoms with Crippen molar-refractivity contribution in [3.05, 3.63) is 95.1 Å². The molecular formula is C24H30. The summed E-state index contributed by atoms with van der Waals surface area (Å²) >= 11 is 0. The number of hydrogen-bond acceptors (Lipinski definition) is 0. The van der Waals surface area contributed by atoms with Crippen molar-refractivity contribution in [1.82, 2.24) is 0 Å². The Morgan fingerprint density at radius 3 is 2.29 bits per heavy atom. The van der Waals surface area contributed by atoms with E-state index in [2.05, 4.69) is 101 Å². The van der Waals surface area contributed by atoms with Crippen LogP contribution in [0.5, 0.6) is 0 Å². The molecule has 0 aliphatic rings. The minimum absolute atomic E-state index is 0.504. The van der Waals surface area contributed by atoms with Crippen LogP contribution in [-0.2, 0) is 0 Å². The predicted molar refractivity (Wildman–Crippen MR) is 107 cm³/mol. The van der Waals surface area contributed by atoms with Gasteiger partial charge in [-0.25, -0.2) is 0 Å². The first-order chi connectivity index (χ1) is 11.6. The fourth-order valence-corrected chi connectivity index (χ4v) is 3.12. The Bertz CT molecular complexity index is 673. The predicted octanol–water partition coefficient (Wildman–Crippen LogP) is 7.10. The lowest BCUT2D eigenvalue weighted by Gasteiger charge is -2.12. The van der Waals surface area contributed by atoms with Gasteiger partial charge in [0.1, 0.15) is 0 Å². The molecule has 126 valence electrons. The molecular weight excluding hydrogens is 288 g/mol. The summed E-state index contributed by atoms with van der Waals surface area (Å²) in [6, 6.07) is 17.6. The smallest absolute Gasteiger partial charge is 0.00184 e. The van der Waals surface area contributed by atoms with Gasteiger partial charge >= 0.3 is 0 Å². The van der Waals surface area contributed by atoms with Crippen LogP contribution in [-0.4, -0.2) is 0 Å². The molecule has 2 unspecified atom stereocenters. The monoisotopic (exact) mass is 318 g/mol. The number of hydrogen-bond donors (Lipinski definition) is 0. The molecule has 0 heterocycles. The van der Waals surface area contributed by atoms with Crippen molar-refractivity contribution < 1.29 is 0 Å². The Morgan fingerprint density at radius 2 is 1.62 bits per heavy atom. The van der Waals surface area contributed by atoms with Gasteiger partial charge in [-0.15, -0.1) is 0 Å². The Hall–Kier alpha value is -2.08. The molecule has 0 spiro atoms. The third-order valence-electron chi connectivity index (χ3n) is 4.74. The van der Waals surface area contributed by atoms with Gasteiger partial charge in [0.2, 0.25) is 0 Å². The van der Waals surface area contributed by atoms with Gasteiger partial charge in [-0.05, 0) is 49.3 Å². The summed E-state index contributed by atoms with van der Waals surface area (Å²) < 4.78 is 0. The van der Waals surface area contributed by atoms with Crippen LogP contribution >= 0.6 is 0 Å². The maximum Gasteiger partial charge on any atom is 0.00184 e. The quantitative estimate of drug-likeness (QED) is 0.477. The van der Waals surface area contributed by atoms with Crippen LogP contribution in [0.1, 0.15) is 60.8 Å². The van der Waals surface area contributed by atoms with Gasteiger partial charge in [0.15, 0.2) is 0 Å². The summed E-state index contributed by atoms with van der Waals surface area (Å²) in [4.78, 5) is 0. The average Bonchev–Trinajstić information content (AvgIpc) is 2.59. The van der Waals surface area contributed by atoms with Gasteiger partial charge in [0.05, 0.1) is 0 Å². The molecule has 0 saturated carbocycles. The van der Waals surface area contributed by atoms with Crippen molar-refractivity contribution in [3.8, 4) is 0 Å². The lowest BCUT2D eigenvalue weighted by Crippen LogP contribution is -1.94. The first-order valence-corrected chi connectivity index (χ1v) is 9.07. The third kappa shape index (κ3) is 5.23. The van der Waals surface area contributed by atoms with Gasteiger partial charge in [-0.3, -0.25) is 0 Å². The molecule has 2 aromatic rings.